The predicted octanol–water partition coefficient (Wildman–Crippen LogP) is 3.65. The molecule has 0 saturated carbocycles. The Kier molecular flexibility index (Phi) is 2.53. The van der Waals surface area contributed by atoms with E-state index in [0.717, 1.165) is 11.1 Å². The molecule has 0 bridgehead atoms. The Bertz CT molecular complexity index is 724. The van der Waals surface area contributed by atoms with E-state index in [1.807, 2.05) is 0 Å². The van der Waals surface area contributed by atoms with Gasteiger partial charge in [0, 0.05) is 22.3 Å². The second-order valence-corrected chi connectivity index (χ2v) is 5.46. The van der Waals surface area contributed by atoms with Crippen LogP contribution in [0.5, 0.6) is 0 Å². The van der Waals surface area contributed by atoms with Crippen LogP contribution in [0.1, 0.15) is 16.0 Å². The van der Waals surface area contributed by atoms with E-state index in [1.54, 1.807) is 12.1 Å². The maximum atomic E-state index is 11.1. The highest BCUT2D eigenvalue weighted by molar-refractivity contribution is 9.09. The molecule has 1 aliphatic carbocycles. The predicted molar refractivity (Wildman–Crippen MR) is 72.6 cm³/mol. The minimum atomic E-state index is -0.572. The van der Waals surface area contributed by atoms with Gasteiger partial charge in [-0.15, -0.1) is 0 Å². The minimum absolute atomic E-state index is 0.0489. The van der Waals surface area contributed by atoms with E-state index in [0.29, 0.717) is 11.8 Å². The van der Waals surface area contributed by atoms with Crippen molar-refractivity contribution in [3.05, 3.63) is 55.6 Å². The summed E-state index contributed by atoms with van der Waals surface area (Å²) >= 11 is 3.50. The average Bonchev–Trinajstić information content (AvgIpc) is 2.67. The zero-order chi connectivity index (χ0) is 13.7. The van der Waals surface area contributed by atoms with E-state index < -0.39 is 9.85 Å². The summed E-state index contributed by atoms with van der Waals surface area (Å²) in [6, 6.07) is 6.03. The zero-order valence-electron chi connectivity index (χ0n) is 9.50. The summed E-state index contributed by atoms with van der Waals surface area (Å²) in [6.07, 6.45) is 0.686. The van der Waals surface area contributed by atoms with Crippen LogP contribution in [0.3, 0.4) is 0 Å². The first-order valence-corrected chi connectivity index (χ1v) is 6.43. The molecule has 0 fully saturated rings. The highest BCUT2D eigenvalue weighted by Crippen LogP contribution is 2.47. The van der Waals surface area contributed by atoms with Crippen molar-refractivity contribution in [1.82, 2.24) is 0 Å². The second-order valence-electron chi connectivity index (χ2n) is 4.35. The number of hydrogen-bond acceptors (Lipinski definition) is 4. The Hall–Kier alpha value is -2.02. The molecule has 1 aliphatic rings. The van der Waals surface area contributed by atoms with E-state index >= 15 is 0 Å². The molecule has 1 atom stereocenters. The molecule has 1 unspecified atom stereocenters. The van der Waals surface area contributed by atoms with Gasteiger partial charge in [-0.1, -0.05) is 28.1 Å². The number of halogens is 1. The Morgan fingerprint density at radius 2 is 1.58 bits per heavy atom. The third kappa shape index (κ3) is 1.61. The molecule has 0 aromatic heterocycles. The van der Waals surface area contributed by atoms with Crippen LogP contribution in [0, 0.1) is 20.2 Å². The third-order valence-corrected chi connectivity index (χ3v) is 4.18. The van der Waals surface area contributed by atoms with Gasteiger partial charge in [0.1, 0.15) is 5.39 Å². The average molecular weight is 323 g/mol. The van der Waals surface area contributed by atoms with Crippen molar-refractivity contribution >= 4 is 38.1 Å². The summed E-state index contributed by atoms with van der Waals surface area (Å²) in [4.78, 5) is 21.1. The van der Waals surface area contributed by atoms with Crippen molar-refractivity contribution in [2.24, 2.45) is 0 Å². The summed E-state index contributed by atoms with van der Waals surface area (Å²) in [5.41, 5.74) is 1.35. The first kappa shape index (κ1) is 12.0. The van der Waals surface area contributed by atoms with Gasteiger partial charge < -0.3 is 0 Å². The van der Waals surface area contributed by atoms with Crippen molar-refractivity contribution in [1.29, 1.82) is 0 Å². The summed E-state index contributed by atoms with van der Waals surface area (Å²) in [6.45, 7) is 0. The molecule has 0 spiro atoms. The van der Waals surface area contributed by atoms with Crippen LogP contribution in [0.15, 0.2) is 24.3 Å². The van der Waals surface area contributed by atoms with Gasteiger partial charge in [0.2, 0.25) is 0 Å². The molecule has 0 radical (unpaired) electrons. The molecule has 2 aromatic rings. The fraction of sp³-hybridized carbons (Fsp3) is 0.167. The smallest absolute Gasteiger partial charge is 0.258 e. The van der Waals surface area contributed by atoms with E-state index in [4.69, 9.17) is 0 Å². The number of nitro benzene ring substituents is 2. The van der Waals surface area contributed by atoms with Crippen molar-refractivity contribution in [2.45, 2.75) is 11.2 Å². The molecular weight excluding hydrogens is 316 g/mol. The molecular formula is C12H7BrN2O4. The molecule has 0 aliphatic heterocycles. The minimum Gasteiger partial charge on any atom is -0.258 e. The molecule has 0 saturated heterocycles. The molecule has 0 heterocycles. The molecule has 2 aromatic carbocycles. The Labute approximate surface area is 115 Å². The summed E-state index contributed by atoms with van der Waals surface area (Å²) in [5, 5.41) is 22.9. The number of non-ortho nitro benzene ring substituents is 2. The Balaban J connectivity index is 2.52. The van der Waals surface area contributed by atoms with Crippen molar-refractivity contribution in [3.63, 3.8) is 0 Å². The monoisotopic (exact) mass is 322 g/mol. The highest BCUT2D eigenvalue weighted by Gasteiger charge is 2.31. The molecule has 3 rings (SSSR count). The van der Waals surface area contributed by atoms with Crippen LogP contribution in [0.4, 0.5) is 11.4 Å². The molecule has 19 heavy (non-hydrogen) atoms. The highest BCUT2D eigenvalue weighted by atomic mass is 79.9. The quantitative estimate of drug-likeness (QED) is 0.479. The number of nitro groups is 2. The number of nitrogens with zero attached hydrogens (tertiary/aromatic N) is 2. The standard InChI is InChI=1S/C12H7BrN2O4/c13-8-5-6-1-3-9(14(16)17)12-10(15(18)19)4-2-7(8)11(6)12/h1-4,8H,5H2. The fourth-order valence-corrected chi connectivity index (χ4v) is 3.33. The summed E-state index contributed by atoms with van der Waals surface area (Å²) in [7, 11) is 0. The lowest BCUT2D eigenvalue weighted by Crippen LogP contribution is -1.96. The van der Waals surface area contributed by atoms with Crippen molar-refractivity contribution in [3.8, 4) is 0 Å². The van der Waals surface area contributed by atoms with Gasteiger partial charge >= 0.3 is 0 Å². The van der Waals surface area contributed by atoms with Crippen LogP contribution < -0.4 is 0 Å². The number of hydrogen-bond donors (Lipinski definition) is 0. The lowest BCUT2D eigenvalue weighted by Gasteiger charge is -2.04. The molecule has 0 amide bonds. The van der Waals surface area contributed by atoms with Gasteiger partial charge in [0.05, 0.1) is 9.85 Å². The van der Waals surface area contributed by atoms with Crippen molar-refractivity contribution < 1.29 is 9.85 Å². The third-order valence-electron chi connectivity index (χ3n) is 3.37. The largest absolute Gasteiger partial charge is 0.284 e. The number of benzene rings is 2. The Morgan fingerprint density at radius 1 is 1.00 bits per heavy atom. The summed E-state index contributed by atoms with van der Waals surface area (Å²) in [5.74, 6) is 0. The van der Waals surface area contributed by atoms with Gasteiger partial charge in [-0.2, -0.15) is 0 Å². The van der Waals surface area contributed by atoms with Crippen LogP contribution >= 0.6 is 15.9 Å². The first-order chi connectivity index (χ1) is 9.00. The summed E-state index contributed by atoms with van der Waals surface area (Å²) < 4.78 is 0. The van der Waals surface area contributed by atoms with Gasteiger partial charge in [0.15, 0.2) is 0 Å². The van der Waals surface area contributed by atoms with Gasteiger partial charge in [-0.25, -0.2) is 0 Å². The Morgan fingerprint density at radius 3 is 2.16 bits per heavy atom. The molecule has 6 nitrogen and oxygen atoms in total. The lowest BCUT2D eigenvalue weighted by atomic mass is 10.0. The lowest BCUT2D eigenvalue weighted by molar-refractivity contribution is -0.390. The molecule has 0 N–H and O–H groups in total. The van der Waals surface area contributed by atoms with E-state index in [9.17, 15) is 20.2 Å². The van der Waals surface area contributed by atoms with Crippen LogP contribution in [-0.4, -0.2) is 9.85 Å². The maximum Gasteiger partial charge on any atom is 0.284 e. The molecule has 96 valence electrons. The van der Waals surface area contributed by atoms with Crippen LogP contribution in [-0.2, 0) is 6.42 Å². The topological polar surface area (TPSA) is 86.3 Å². The van der Waals surface area contributed by atoms with Gasteiger partial charge in [-0.3, -0.25) is 20.2 Å². The molecule has 7 heteroatoms. The van der Waals surface area contributed by atoms with Gasteiger partial charge in [0.25, 0.3) is 11.4 Å². The number of alkyl halides is 1. The number of rotatable bonds is 2. The van der Waals surface area contributed by atoms with Crippen LogP contribution in [0.25, 0.3) is 10.8 Å². The maximum absolute atomic E-state index is 11.1. The first-order valence-electron chi connectivity index (χ1n) is 5.52. The van der Waals surface area contributed by atoms with E-state index in [1.165, 1.54) is 12.1 Å². The zero-order valence-corrected chi connectivity index (χ0v) is 11.1. The SMILES string of the molecule is O=[N+]([O-])c1ccc2c3c(ccc([N+](=O)[O-])c13)C(Br)C2. The normalized spacial score (nSPS) is 16.8. The van der Waals surface area contributed by atoms with E-state index in [-0.39, 0.29) is 21.6 Å². The van der Waals surface area contributed by atoms with Gasteiger partial charge in [-0.05, 0) is 17.5 Å². The fourth-order valence-electron chi connectivity index (χ4n) is 2.60. The van der Waals surface area contributed by atoms with Crippen molar-refractivity contribution in [2.75, 3.05) is 0 Å². The van der Waals surface area contributed by atoms with E-state index in [2.05, 4.69) is 15.9 Å². The van der Waals surface area contributed by atoms with Crippen LogP contribution in [0.2, 0.25) is 0 Å². The second kappa shape index (κ2) is 3.99.